The highest BCUT2D eigenvalue weighted by atomic mass is 79.9. The maximum Gasteiger partial charge on any atom is 0.243 e. The normalized spacial score (nSPS) is 19.6. The van der Waals surface area contributed by atoms with E-state index in [0.717, 1.165) is 14.5 Å². The van der Waals surface area contributed by atoms with Crippen LogP contribution in [0.5, 0.6) is 0 Å². The Labute approximate surface area is 154 Å². The summed E-state index contributed by atoms with van der Waals surface area (Å²) in [6.07, 6.45) is 0.646. The van der Waals surface area contributed by atoms with Gasteiger partial charge in [0.25, 0.3) is 0 Å². The van der Waals surface area contributed by atoms with Gasteiger partial charge >= 0.3 is 0 Å². The largest absolute Gasteiger partial charge is 0.346 e. The first-order valence-corrected chi connectivity index (χ1v) is 8.95. The van der Waals surface area contributed by atoms with Crippen molar-refractivity contribution in [2.75, 3.05) is 5.32 Å². The highest BCUT2D eigenvalue weighted by molar-refractivity contribution is 9.10. The molecule has 2 aromatic carbocycles. The maximum absolute atomic E-state index is 14.4. The van der Waals surface area contributed by atoms with Gasteiger partial charge in [-0.3, -0.25) is 0 Å². The minimum atomic E-state index is -0.276. The molecule has 0 unspecified atom stereocenters. The number of rotatable bonds is 2. The van der Waals surface area contributed by atoms with Crippen LogP contribution in [0.3, 0.4) is 0 Å². The fraction of sp³-hybridized carbons (Fsp3) is 0.188. The quantitative estimate of drug-likeness (QED) is 0.622. The highest BCUT2D eigenvalue weighted by Gasteiger charge is 2.32. The van der Waals surface area contributed by atoms with E-state index in [2.05, 4.69) is 52.7 Å². The van der Waals surface area contributed by atoms with Crippen LogP contribution in [-0.4, -0.2) is 20.2 Å². The zero-order valence-corrected chi connectivity index (χ0v) is 15.5. The fourth-order valence-electron chi connectivity index (χ4n) is 2.98. The molecule has 0 saturated heterocycles. The van der Waals surface area contributed by atoms with Crippen LogP contribution in [0.1, 0.15) is 29.6 Å². The molecule has 0 aliphatic carbocycles. The number of anilines is 1. The molecule has 0 fully saturated rings. The average Bonchev–Trinajstić information content (AvgIpc) is 3.05. The molecule has 1 aliphatic heterocycles. The van der Waals surface area contributed by atoms with Crippen molar-refractivity contribution in [3.8, 4) is 0 Å². The summed E-state index contributed by atoms with van der Waals surface area (Å²) in [7, 11) is 0. The van der Waals surface area contributed by atoms with Crippen LogP contribution in [-0.2, 0) is 0 Å². The summed E-state index contributed by atoms with van der Waals surface area (Å²) in [6.45, 7) is 0. The van der Waals surface area contributed by atoms with E-state index < -0.39 is 0 Å². The van der Waals surface area contributed by atoms with Crippen molar-refractivity contribution >= 4 is 37.8 Å². The summed E-state index contributed by atoms with van der Waals surface area (Å²) >= 11 is 6.86. The SMILES string of the molecule is Fc1ccc(Br)cc1[C@@H]1C[C@@H](c2ccc(Br)cc2)Nc2nnnn21. The topological polar surface area (TPSA) is 55.6 Å². The second-order valence-electron chi connectivity index (χ2n) is 5.61. The standard InChI is InChI=1S/C16H12Br2FN5/c17-10-3-1-9(2-4-10)14-8-15(24-16(20-14)21-22-23-24)12-7-11(18)5-6-13(12)19/h1-7,14-15H,8H2,(H,20,21,23)/t14-,15-/m0/s1. The Kier molecular flexibility index (Phi) is 4.09. The number of nitrogens with one attached hydrogen (secondary N) is 1. The Morgan fingerprint density at radius 3 is 2.62 bits per heavy atom. The molecule has 24 heavy (non-hydrogen) atoms. The van der Waals surface area contributed by atoms with E-state index in [4.69, 9.17) is 0 Å². The van der Waals surface area contributed by atoms with Crippen LogP contribution >= 0.6 is 31.9 Å². The number of hydrogen-bond acceptors (Lipinski definition) is 4. The minimum absolute atomic E-state index is 0.0000170. The van der Waals surface area contributed by atoms with Crippen LogP contribution in [0.2, 0.25) is 0 Å². The number of halogens is 3. The molecule has 0 amide bonds. The van der Waals surface area contributed by atoms with E-state index in [0.29, 0.717) is 17.9 Å². The van der Waals surface area contributed by atoms with Crippen LogP contribution in [0.4, 0.5) is 10.3 Å². The number of nitrogens with zero attached hydrogens (tertiary/aromatic N) is 4. The second kappa shape index (κ2) is 6.25. The fourth-order valence-corrected chi connectivity index (χ4v) is 3.62. The molecule has 4 rings (SSSR count). The van der Waals surface area contributed by atoms with Crippen LogP contribution in [0, 0.1) is 5.82 Å². The molecule has 8 heteroatoms. The van der Waals surface area contributed by atoms with Gasteiger partial charge in [-0.05, 0) is 52.7 Å². The lowest BCUT2D eigenvalue weighted by Gasteiger charge is -2.31. The third kappa shape index (κ3) is 2.84. The molecule has 1 aliphatic rings. The molecule has 0 saturated carbocycles. The van der Waals surface area contributed by atoms with Gasteiger partial charge in [-0.25, -0.2) is 9.07 Å². The third-order valence-corrected chi connectivity index (χ3v) is 5.16. The molecule has 1 aromatic heterocycles. The van der Waals surface area contributed by atoms with E-state index in [-0.39, 0.29) is 17.9 Å². The van der Waals surface area contributed by atoms with Crippen molar-refractivity contribution in [1.82, 2.24) is 20.2 Å². The van der Waals surface area contributed by atoms with Crippen molar-refractivity contribution in [1.29, 1.82) is 0 Å². The lowest BCUT2D eigenvalue weighted by atomic mass is 9.93. The summed E-state index contributed by atoms with van der Waals surface area (Å²) in [4.78, 5) is 0. The lowest BCUT2D eigenvalue weighted by molar-refractivity contribution is 0.409. The second-order valence-corrected chi connectivity index (χ2v) is 7.44. The predicted octanol–water partition coefficient (Wildman–Crippen LogP) is 4.48. The molecule has 0 bridgehead atoms. The van der Waals surface area contributed by atoms with E-state index in [9.17, 15) is 4.39 Å². The van der Waals surface area contributed by atoms with Gasteiger partial charge in [-0.15, -0.1) is 0 Å². The molecule has 2 heterocycles. The van der Waals surface area contributed by atoms with Gasteiger partial charge < -0.3 is 5.32 Å². The first kappa shape index (κ1) is 15.7. The van der Waals surface area contributed by atoms with E-state index in [1.807, 2.05) is 24.3 Å². The van der Waals surface area contributed by atoms with Gasteiger partial charge in [0, 0.05) is 14.5 Å². The monoisotopic (exact) mass is 451 g/mol. The van der Waals surface area contributed by atoms with Gasteiger partial charge in [0.1, 0.15) is 5.82 Å². The summed E-state index contributed by atoms with van der Waals surface area (Å²) in [5, 5.41) is 15.1. The Balaban J connectivity index is 1.76. The van der Waals surface area contributed by atoms with E-state index >= 15 is 0 Å². The number of aromatic nitrogens is 4. The first-order valence-electron chi connectivity index (χ1n) is 7.36. The zero-order valence-electron chi connectivity index (χ0n) is 12.3. The van der Waals surface area contributed by atoms with Crippen LogP contribution in [0.15, 0.2) is 51.4 Å². The summed E-state index contributed by atoms with van der Waals surface area (Å²) < 4.78 is 17.9. The molecule has 5 nitrogen and oxygen atoms in total. The Hall–Kier alpha value is -1.80. The van der Waals surface area contributed by atoms with Crippen molar-refractivity contribution in [2.24, 2.45) is 0 Å². The maximum atomic E-state index is 14.4. The molecule has 0 spiro atoms. The first-order chi connectivity index (χ1) is 11.6. The molecular formula is C16H12Br2FN5. The van der Waals surface area contributed by atoms with Crippen molar-refractivity contribution in [2.45, 2.75) is 18.5 Å². The summed E-state index contributed by atoms with van der Waals surface area (Å²) in [5.41, 5.74) is 1.68. The van der Waals surface area contributed by atoms with Crippen LogP contribution in [0.25, 0.3) is 0 Å². The molecular weight excluding hydrogens is 441 g/mol. The van der Waals surface area contributed by atoms with Crippen molar-refractivity contribution < 1.29 is 4.39 Å². The van der Waals surface area contributed by atoms with Gasteiger partial charge in [-0.1, -0.05) is 49.1 Å². The average molecular weight is 453 g/mol. The number of hydrogen-bond donors (Lipinski definition) is 1. The van der Waals surface area contributed by atoms with Gasteiger partial charge in [0.2, 0.25) is 5.95 Å². The molecule has 3 aromatic rings. The minimum Gasteiger partial charge on any atom is -0.346 e. The number of tetrazole rings is 1. The molecule has 1 N–H and O–H groups in total. The van der Waals surface area contributed by atoms with Crippen molar-refractivity contribution in [3.63, 3.8) is 0 Å². The number of fused-ring (bicyclic) bond motifs is 1. The Morgan fingerprint density at radius 1 is 1.08 bits per heavy atom. The predicted molar refractivity (Wildman–Crippen MR) is 95.2 cm³/mol. The zero-order chi connectivity index (χ0) is 16.7. The van der Waals surface area contributed by atoms with Gasteiger partial charge in [0.05, 0.1) is 12.1 Å². The Morgan fingerprint density at radius 2 is 1.83 bits per heavy atom. The highest BCUT2D eigenvalue weighted by Crippen LogP contribution is 2.38. The summed E-state index contributed by atoms with van der Waals surface area (Å²) in [6, 6.07) is 12.7. The lowest BCUT2D eigenvalue weighted by Crippen LogP contribution is -2.28. The van der Waals surface area contributed by atoms with Crippen molar-refractivity contribution in [3.05, 3.63) is 68.4 Å². The van der Waals surface area contributed by atoms with Gasteiger partial charge in [0.15, 0.2) is 0 Å². The number of benzene rings is 2. The molecule has 0 radical (unpaired) electrons. The van der Waals surface area contributed by atoms with Crippen LogP contribution < -0.4 is 5.32 Å². The van der Waals surface area contributed by atoms with Gasteiger partial charge in [-0.2, -0.15) is 0 Å². The Bertz CT molecular complexity index is 880. The summed E-state index contributed by atoms with van der Waals surface area (Å²) in [5.74, 6) is 0.277. The smallest absolute Gasteiger partial charge is 0.243 e. The third-order valence-electron chi connectivity index (χ3n) is 4.14. The molecule has 2 atom stereocenters. The van der Waals surface area contributed by atoms with E-state index in [1.165, 1.54) is 6.07 Å². The molecule has 122 valence electrons. The van der Waals surface area contributed by atoms with E-state index in [1.54, 1.807) is 16.8 Å².